The van der Waals surface area contributed by atoms with Gasteiger partial charge in [0.15, 0.2) is 5.96 Å². The van der Waals surface area contributed by atoms with Crippen molar-refractivity contribution in [2.24, 2.45) is 10.9 Å². The van der Waals surface area contributed by atoms with Crippen molar-refractivity contribution in [3.8, 4) is 0 Å². The van der Waals surface area contributed by atoms with Gasteiger partial charge in [0, 0.05) is 39.1 Å². The summed E-state index contributed by atoms with van der Waals surface area (Å²) in [5.74, 6) is 1.58. The second-order valence-corrected chi connectivity index (χ2v) is 4.41. The normalized spacial score (nSPS) is 11.9. The van der Waals surface area contributed by atoms with Crippen molar-refractivity contribution in [3.05, 3.63) is 18.7 Å². The number of aromatic nitrogens is 2. The molecule has 17 heavy (non-hydrogen) atoms. The van der Waals surface area contributed by atoms with E-state index in [4.69, 9.17) is 0 Å². The minimum absolute atomic E-state index is 0.714. The quantitative estimate of drug-likeness (QED) is 0.575. The highest BCUT2D eigenvalue weighted by Gasteiger charge is 1.98. The van der Waals surface area contributed by atoms with Crippen LogP contribution in [0.3, 0.4) is 0 Å². The molecule has 0 saturated heterocycles. The summed E-state index contributed by atoms with van der Waals surface area (Å²) in [6.07, 6.45) is 6.71. The topological polar surface area (TPSA) is 54.2 Å². The monoisotopic (exact) mass is 237 g/mol. The predicted octanol–water partition coefficient (Wildman–Crippen LogP) is 1.09. The van der Waals surface area contributed by atoms with E-state index in [2.05, 4.69) is 34.5 Å². The molecule has 0 aromatic carbocycles. The second kappa shape index (κ2) is 7.70. The lowest BCUT2D eigenvalue weighted by Gasteiger charge is -2.12. The number of aliphatic imine (C=N–C) groups is 1. The summed E-state index contributed by atoms with van der Waals surface area (Å²) >= 11 is 0. The molecule has 2 N–H and O–H groups in total. The zero-order chi connectivity index (χ0) is 12.5. The van der Waals surface area contributed by atoms with E-state index < -0.39 is 0 Å². The molecule has 0 aliphatic rings. The molecule has 0 bridgehead atoms. The molecule has 0 spiro atoms. The highest BCUT2D eigenvalue weighted by Crippen LogP contribution is 1.95. The lowest BCUT2D eigenvalue weighted by atomic mass is 10.1. The molecule has 96 valence electrons. The molecule has 0 saturated carbocycles. The summed E-state index contributed by atoms with van der Waals surface area (Å²) in [6, 6.07) is 0. The van der Waals surface area contributed by atoms with Crippen molar-refractivity contribution in [3.63, 3.8) is 0 Å². The first kappa shape index (κ1) is 13.5. The minimum Gasteiger partial charge on any atom is -0.356 e. The lowest BCUT2D eigenvalue weighted by Crippen LogP contribution is -2.39. The summed E-state index contributed by atoms with van der Waals surface area (Å²) in [5.41, 5.74) is 0. The van der Waals surface area contributed by atoms with Crippen molar-refractivity contribution in [1.82, 2.24) is 20.2 Å². The molecular formula is C12H23N5. The SMILES string of the molecule is CN=C(NCCC(C)C)NCCn1ccnc1. The summed E-state index contributed by atoms with van der Waals surface area (Å²) < 4.78 is 2.04. The average molecular weight is 237 g/mol. The maximum Gasteiger partial charge on any atom is 0.191 e. The minimum atomic E-state index is 0.714. The molecule has 0 aliphatic carbocycles. The van der Waals surface area contributed by atoms with Gasteiger partial charge < -0.3 is 15.2 Å². The zero-order valence-electron chi connectivity index (χ0n) is 11.0. The van der Waals surface area contributed by atoms with Crippen molar-refractivity contribution >= 4 is 5.96 Å². The third-order valence-electron chi connectivity index (χ3n) is 2.46. The Hall–Kier alpha value is -1.52. The van der Waals surface area contributed by atoms with Gasteiger partial charge in [-0.25, -0.2) is 4.98 Å². The molecule has 0 aliphatic heterocycles. The Morgan fingerprint density at radius 1 is 1.35 bits per heavy atom. The van der Waals surface area contributed by atoms with Crippen LogP contribution in [0.1, 0.15) is 20.3 Å². The molecule has 5 nitrogen and oxygen atoms in total. The Balaban J connectivity index is 2.15. The molecule has 0 amide bonds. The molecule has 1 aromatic heterocycles. The fourth-order valence-electron chi connectivity index (χ4n) is 1.42. The van der Waals surface area contributed by atoms with Gasteiger partial charge in [0.25, 0.3) is 0 Å². The first-order valence-corrected chi connectivity index (χ1v) is 6.12. The van der Waals surface area contributed by atoms with E-state index >= 15 is 0 Å². The van der Waals surface area contributed by atoms with Gasteiger partial charge in [-0.3, -0.25) is 4.99 Å². The van der Waals surface area contributed by atoms with Gasteiger partial charge in [-0.15, -0.1) is 0 Å². The highest BCUT2D eigenvalue weighted by atomic mass is 15.2. The van der Waals surface area contributed by atoms with Crippen LogP contribution in [0.25, 0.3) is 0 Å². The van der Waals surface area contributed by atoms with Crippen LogP contribution in [0.15, 0.2) is 23.7 Å². The second-order valence-electron chi connectivity index (χ2n) is 4.41. The van der Waals surface area contributed by atoms with E-state index in [1.165, 1.54) is 0 Å². The number of nitrogens with one attached hydrogen (secondary N) is 2. The van der Waals surface area contributed by atoms with Gasteiger partial charge in [-0.05, 0) is 12.3 Å². The van der Waals surface area contributed by atoms with Crippen LogP contribution in [0, 0.1) is 5.92 Å². The molecule has 0 atom stereocenters. The molecule has 5 heteroatoms. The highest BCUT2D eigenvalue weighted by molar-refractivity contribution is 5.79. The molecular weight excluding hydrogens is 214 g/mol. The van der Waals surface area contributed by atoms with Crippen LogP contribution < -0.4 is 10.6 Å². The fourth-order valence-corrected chi connectivity index (χ4v) is 1.42. The number of rotatable bonds is 6. The largest absolute Gasteiger partial charge is 0.356 e. The standard InChI is InChI=1S/C12H23N5/c1-11(2)4-5-15-12(13-3)16-7-9-17-8-6-14-10-17/h6,8,10-11H,4-5,7,9H2,1-3H3,(H2,13,15,16). The Kier molecular flexibility index (Phi) is 6.14. The van der Waals surface area contributed by atoms with Gasteiger partial charge in [0.1, 0.15) is 0 Å². The van der Waals surface area contributed by atoms with Crippen LogP contribution in [0.5, 0.6) is 0 Å². The number of imidazole rings is 1. The maximum absolute atomic E-state index is 4.17. The van der Waals surface area contributed by atoms with Crippen LogP contribution in [-0.4, -0.2) is 35.6 Å². The summed E-state index contributed by atoms with van der Waals surface area (Å²) in [4.78, 5) is 8.17. The average Bonchev–Trinajstić information content (AvgIpc) is 2.79. The van der Waals surface area contributed by atoms with E-state index in [1.807, 2.05) is 17.1 Å². The van der Waals surface area contributed by atoms with E-state index in [0.29, 0.717) is 5.92 Å². The molecule has 1 heterocycles. The summed E-state index contributed by atoms with van der Waals surface area (Å²) in [6.45, 7) is 7.14. The predicted molar refractivity (Wildman–Crippen MR) is 71.0 cm³/mol. The van der Waals surface area contributed by atoms with Gasteiger partial charge in [0.2, 0.25) is 0 Å². The zero-order valence-corrected chi connectivity index (χ0v) is 11.0. The third-order valence-corrected chi connectivity index (χ3v) is 2.46. The van der Waals surface area contributed by atoms with Gasteiger partial charge >= 0.3 is 0 Å². The maximum atomic E-state index is 4.17. The van der Waals surface area contributed by atoms with Crippen molar-refractivity contribution in [2.75, 3.05) is 20.1 Å². The Morgan fingerprint density at radius 2 is 2.12 bits per heavy atom. The van der Waals surface area contributed by atoms with Crippen LogP contribution in [0.2, 0.25) is 0 Å². The van der Waals surface area contributed by atoms with Crippen molar-refractivity contribution in [2.45, 2.75) is 26.8 Å². The summed E-state index contributed by atoms with van der Waals surface area (Å²) in [7, 11) is 1.79. The van der Waals surface area contributed by atoms with Crippen molar-refractivity contribution < 1.29 is 0 Å². The lowest BCUT2D eigenvalue weighted by molar-refractivity contribution is 0.571. The van der Waals surface area contributed by atoms with E-state index in [0.717, 1.165) is 32.0 Å². The Morgan fingerprint density at radius 3 is 2.71 bits per heavy atom. The Bertz CT molecular complexity index is 316. The fraction of sp³-hybridized carbons (Fsp3) is 0.667. The Labute approximate surface area is 103 Å². The molecule has 0 unspecified atom stereocenters. The van der Waals surface area contributed by atoms with E-state index in [9.17, 15) is 0 Å². The number of nitrogens with zero attached hydrogens (tertiary/aromatic N) is 3. The van der Waals surface area contributed by atoms with Gasteiger partial charge in [0.05, 0.1) is 6.33 Å². The number of guanidine groups is 1. The first-order valence-electron chi connectivity index (χ1n) is 6.12. The van der Waals surface area contributed by atoms with Crippen LogP contribution in [-0.2, 0) is 6.54 Å². The van der Waals surface area contributed by atoms with Crippen molar-refractivity contribution in [1.29, 1.82) is 0 Å². The number of hydrogen-bond donors (Lipinski definition) is 2. The first-order chi connectivity index (χ1) is 8.22. The summed E-state index contributed by atoms with van der Waals surface area (Å²) in [5, 5.41) is 6.57. The molecule has 1 rings (SSSR count). The molecule has 1 aromatic rings. The van der Waals surface area contributed by atoms with E-state index in [1.54, 1.807) is 13.2 Å². The van der Waals surface area contributed by atoms with E-state index in [-0.39, 0.29) is 0 Å². The third kappa shape index (κ3) is 5.94. The van der Waals surface area contributed by atoms with Crippen LogP contribution >= 0.6 is 0 Å². The van der Waals surface area contributed by atoms with Crippen LogP contribution in [0.4, 0.5) is 0 Å². The molecule has 0 fully saturated rings. The van der Waals surface area contributed by atoms with Gasteiger partial charge in [-0.1, -0.05) is 13.8 Å². The molecule has 0 radical (unpaired) electrons. The van der Waals surface area contributed by atoms with Gasteiger partial charge in [-0.2, -0.15) is 0 Å². The number of hydrogen-bond acceptors (Lipinski definition) is 2. The smallest absolute Gasteiger partial charge is 0.191 e.